The Hall–Kier alpha value is -1.25. The van der Waals surface area contributed by atoms with Gasteiger partial charge in [-0.3, -0.25) is 10.1 Å². The monoisotopic (exact) mass is 303 g/mol. The van der Waals surface area contributed by atoms with Gasteiger partial charge in [0.1, 0.15) is 0 Å². The summed E-state index contributed by atoms with van der Waals surface area (Å²) in [6.07, 6.45) is -0.362. The molecule has 0 aliphatic carbocycles. The van der Waals surface area contributed by atoms with Gasteiger partial charge in [-0.15, -0.1) is 0 Å². The van der Waals surface area contributed by atoms with Crippen molar-refractivity contribution in [3.05, 3.63) is 26.9 Å². The zero-order chi connectivity index (χ0) is 12.6. The zero-order valence-corrected chi connectivity index (χ0v) is 10.2. The van der Waals surface area contributed by atoms with Crippen molar-refractivity contribution in [1.29, 1.82) is 0 Å². The molecular weight excluding hydrogens is 294 g/mol. The number of hydrogen-bond donors (Lipinski definition) is 2. The van der Waals surface area contributed by atoms with Crippen LogP contribution < -0.4 is 4.90 Å². The molecule has 0 spiro atoms. The highest BCUT2D eigenvalue weighted by Crippen LogP contribution is 2.30. The fraction of sp³-hybridized carbons (Fsp3) is 0.444. The number of halogens is 1. The molecule has 1 aliphatic rings. The Morgan fingerprint density at radius 2 is 2.06 bits per heavy atom. The Labute approximate surface area is 105 Å². The molecule has 17 heavy (non-hydrogen) atoms. The minimum atomic E-state index is -0.903. The Bertz CT molecular complexity index is 446. The van der Waals surface area contributed by atoms with Gasteiger partial charge in [0.2, 0.25) is 5.82 Å². The second kappa shape index (κ2) is 4.55. The third-order valence-corrected chi connectivity index (χ3v) is 3.00. The summed E-state index contributed by atoms with van der Waals surface area (Å²) in [6.45, 7) is 0.271. The quantitative estimate of drug-likeness (QED) is 0.602. The first-order valence-electron chi connectivity index (χ1n) is 4.90. The standard InChI is InChI=1S/C9H10BrN3O4/c10-5-1-6(13(16)17)9(11-2-5)12-3-7(14)8(15)4-12/h1-2,7-8,14-15H,3-4H2. The van der Waals surface area contributed by atoms with E-state index in [1.807, 2.05) is 0 Å². The second-order valence-corrected chi connectivity index (χ2v) is 4.71. The van der Waals surface area contributed by atoms with Crippen LogP contribution in [0.3, 0.4) is 0 Å². The molecule has 2 N–H and O–H groups in total. The number of rotatable bonds is 2. The lowest BCUT2D eigenvalue weighted by Gasteiger charge is -2.15. The third-order valence-electron chi connectivity index (χ3n) is 2.57. The highest BCUT2D eigenvalue weighted by atomic mass is 79.9. The van der Waals surface area contributed by atoms with Crippen LogP contribution in [0.25, 0.3) is 0 Å². The van der Waals surface area contributed by atoms with E-state index >= 15 is 0 Å². The second-order valence-electron chi connectivity index (χ2n) is 3.79. The lowest BCUT2D eigenvalue weighted by Crippen LogP contribution is -2.23. The molecule has 1 aliphatic heterocycles. The van der Waals surface area contributed by atoms with Crippen LogP contribution in [0.1, 0.15) is 0 Å². The topological polar surface area (TPSA) is 99.7 Å². The van der Waals surface area contributed by atoms with Crippen molar-refractivity contribution >= 4 is 27.4 Å². The zero-order valence-electron chi connectivity index (χ0n) is 8.65. The number of aliphatic hydroxyl groups excluding tert-OH is 2. The first-order valence-corrected chi connectivity index (χ1v) is 5.69. The molecule has 1 saturated heterocycles. The van der Waals surface area contributed by atoms with Crippen molar-refractivity contribution in [2.45, 2.75) is 12.2 Å². The minimum absolute atomic E-state index is 0.136. The van der Waals surface area contributed by atoms with E-state index in [0.717, 1.165) is 0 Å². The van der Waals surface area contributed by atoms with Gasteiger partial charge in [0, 0.05) is 29.8 Å². The summed E-state index contributed by atoms with van der Waals surface area (Å²) in [6, 6.07) is 1.35. The van der Waals surface area contributed by atoms with Gasteiger partial charge in [-0.05, 0) is 15.9 Å². The van der Waals surface area contributed by atoms with Crippen molar-refractivity contribution in [3.8, 4) is 0 Å². The van der Waals surface area contributed by atoms with E-state index in [-0.39, 0.29) is 24.6 Å². The molecule has 0 amide bonds. The summed E-state index contributed by atoms with van der Waals surface area (Å²) in [5.41, 5.74) is -0.152. The van der Waals surface area contributed by atoms with Gasteiger partial charge in [-0.25, -0.2) is 4.98 Å². The Morgan fingerprint density at radius 1 is 1.47 bits per heavy atom. The van der Waals surface area contributed by atoms with Crippen molar-refractivity contribution in [2.75, 3.05) is 18.0 Å². The largest absolute Gasteiger partial charge is 0.389 e. The molecule has 0 aromatic carbocycles. The average Bonchev–Trinajstić information content (AvgIpc) is 2.59. The normalized spacial score (nSPS) is 24.1. The van der Waals surface area contributed by atoms with Crippen LogP contribution in [-0.2, 0) is 0 Å². The molecule has 7 nitrogen and oxygen atoms in total. The van der Waals surface area contributed by atoms with Crippen molar-refractivity contribution in [2.24, 2.45) is 0 Å². The van der Waals surface area contributed by atoms with Gasteiger partial charge in [-0.1, -0.05) is 0 Å². The van der Waals surface area contributed by atoms with Gasteiger partial charge < -0.3 is 15.1 Å². The van der Waals surface area contributed by atoms with Gasteiger partial charge in [0.25, 0.3) is 0 Å². The summed E-state index contributed by atoms with van der Waals surface area (Å²) >= 11 is 3.11. The molecule has 2 unspecified atom stereocenters. The van der Waals surface area contributed by atoms with E-state index in [0.29, 0.717) is 4.47 Å². The molecule has 1 aromatic rings. The third kappa shape index (κ3) is 2.38. The highest BCUT2D eigenvalue weighted by Gasteiger charge is 2.33. The van der Waals surface area contributed by atoms with Crippen LogP contribution in [-0.4, -0.2) is 45.4 Å². The van der Waals surface area contributed by atoms with Crippen LogP contribution >= 0.6 is 15.9 Å². The van der Waals surface area contributed by atoms with E-state index in [9.17, 15) is 20.3 Å². The SMILES string of the molecule is O=[N+]([O-])c1cc(Br)cnc1N1CC(O)C(O)C1. The van der Waals surface area contributed by atoms with Crippen LogP contribution in [0, 0.1) is 10.1 Å². The van der Waals surface area contributed by atoms with Gasteiger partial charge in [0.05, 0.1) is 17.1 Å². The molecular formula is C9H10BrN3O4. The van der Waals surface area contributed by atoms with Crippen LogP contribution in [0.15, 0.2) is 16.7 Å². The van der Waals surface area contributed by atoms with Crippen LogP contribution in [0.2, 0.25) is 0 Å². The molecule has 0 bridgehead atoms. The number of aromatic nitrogens is 1. The van der Waals surface area contributed by atoms with Gasteiger partial charge in [0.15, 0.2) is 0 Å². The molecule has 92 valence electrons. The number of nitro groups is 1. The summed E-state index contributed by atoms with van der Waals surface area (Å²) in [5, 5.41) is 29.7. The molecule has 2 heterocycles. The first kappa shape index (κ1) is 12.2. The fourth-order valence-corrected chi connectivity index (χ4v) is 2.06. The van der Waals surface area contributed by atoms with Crippen LogP contribution in [0.5, 0.6) is 0 Å². The van der Waals surface area contributed by atoms with Crippen LogP contribution in [0.4, 0.5) is 11.5 Å². The van der Waals surface area contributed by atoms with E-state index in [4.69, 9.17) is 0 Å². The number of nitrogens with zero attached hydrogens (tertiary/aromatic N) is 3. The molecule has 1 fully saturated rings. The van der Waals surface area contributed by atoms with E-state index in [1.54, 1.807) is 0 Å². The fourth-order valence-electron chi connectivity index (χ4n) is 1.74. The number of β-amino-alcohol motifs (C(OH)–C–C–N with tert-alkyl or cyclic N) is 2. The van der Waals surface area contributed by atoms with Crippen molar-refractivity contribution < 1.29 is 15.1 Å². The predicted octanol–water partition coefficient (Wildman–Crippen LogP) is 0.294. The Morgan fingerprint density at radius 3 is 2.59 bits per heavy atom. The van der Waals surface area contributed by atoms with Gasteiger partial charge >= 0.3 is 5.69 Å². The number of pyridine rings is 1. The summed E-state index contributed by atoms with van der Waals surface area (Å²) in [4.78, 5) is 15.8. The maximum atomic E-state index is 10.9. The first-order chi connectivity index (χ1) is 7.99. The minimum Gasteiger partial charge on any atom is -0.389 e. The smallest absolute Gasteiger partial charge is 0.312 e. The summed E-state index contributed by atoms with van der Waals surface area (Å²) in [7, 11) is 0. The molecule has 8 heteroatoms. The van der Waals surface area contributed by atoms with E-state index in [2.05, 4.69) is 20.9 Å². The summed E-state index contributed by atoms with van der Waals surface area (Å²) in [5.74, 6) is 0.161. The lowest BCUT2D eigenvalue weighted by molar-refractivity contribution is -0.384. The van der Waals surface area contributed by atoms with Crippen molar-refractivity contribution in [3.63, 3.8) is 0 Å². The highest BCUT2D eigenvalue weighted by molar-refractivity contribution is 9.10. The molecule has 2 rings (SSSR count). The lowest BCUT2D eigenvalue weighted by atomic mass is 10.3. The van der Waals surface area contributed by atoms with Gasteiger partial charge in [-0.2, -0.15) is 0 Å². The van der Waals surface area contributed by atoms with E-state index < -0.39 is 17.1 Å². The average molecular weight is 304 g/mol. The molecule has 0 saturated carbocycles. The Kier molecular flexibility index (Phi) is 3.27. The van der Waals surface area contributed by atoms with Crippen molar-refractivity contribution in [1.82, 2.24) is 4.98 Å². The molecule has 0 radical (unpaired) electrons. The Balaban J connectivity index is 2.36. The number of hydrogen-bond acceptors (Lipinski definition) is 6. The molecule has 1 aromatic heterocycles. The molecule has 2 atom stereocenters. The summed E-state index contributed by atoms with van der Waals surface area (Å²) < 4.78 is 0.508. The number of aliphatic hydroxyl groups is 2. The maximum Gasteiger partial charge on any atom is 0.312 e. The predicted molar refractivity (Wildman–Crippen MR) is 62.8 cm³/mol. The maximum absolute atomic E-state index is 10.9. The number of anilines is 1. The van der Waals surface area contributed by atoms with E-state index in [1.165, 1.54) is 17.2 Å².